The molecule has 0 bridgehead atoms. The van der Waals surface area contributed by atoms with E-state index in [-0.39, 0.29) is 5.92 Å². The Kier molecular flexibility index (Phi) is 5.92. The highest BCUT2D eigenvalue weighted by Gasteiger charge is 2.25. The van der Waals surface area contributed by atoms with Gasteiger partial charge in [0.15, 0.2) is 0 Å². The van der Waals surface area contributed by atoms with Gasteiger partial charge in [0.2, 0.25) is 5.91 Å². The van der Waals surface area contributed by atoms with E-state index in [9.17, 15) is 4.79 Å². The molecule has 1 aliphatic rings. The van der Waals surface area contributed by atoms with E-state index in [4.69, 9.17) is 5.73 Å². The molecule has 1 aliphatic heterocycles. The molecule has 4 heteroatoms. The van der Waals surface area contributed by atoms with Crippen LogP contribution in [0.4, 0.5) is 0 Å². The van der Waals surface area contributed by atoms with E-state index >= 15 is 0 Å². The maximum atomic E-state index is 12.1. The lowest BCUT2D eigenvalue weighted by Crippen LogP contribution is -2.50. The van der Waals surface area contributed by atoms with Crippen LogP contribution in [0.2, 0.25) is 0 Å². The lowest BCUT2D eigenvalue weighted by atomic mass is 9.96. The number of nitrogens with two attached hydrogens (primary N) is 1. The number of rotatable bonds is 5. The molecule has 1 rings (SSSR count). The summed E-state index contributed by atoms with van der Waals surface area (Å²) in [4.78, 5) is 16.6. The summed E-state index contributed by atoms with van der Waals surface area (Å²) in [6.45, 7) is 11.8. The van der Waals surface area contributed by atoms with Crippen LogP contribution in [-0.4, -0.2) is 55.0 Å². The van der Waals surface area contributed by atoms with Crippen molar-refractivity contribution in [2.45, 2.75) is 27.2 Å². The lowest BCUT2D eigenvalue weighted by molar-refractivity contribution is -0.138. The molecule has 0 aromatic carbocycles. The van der Waals surface area contributed by atoms with Crippen molar-refractivity contribution >= 4 is 5.91 Å². The molecule has 1 heterocycles. The summed E-state index contributed by atoms with van der Waals surface area (Å²) in [5, 5.41) is 0. The molecule has 1 amide bonds. The largest absolute Gasteiger partial charge is 0.340 e. The van der Waals surface area contributed by atoms with Gasteiger partial charge < -0.3 is 10.6 Å². The summed E-state index contributed by atoms with van der Waals surface area (Å²) in [6, 6.07) is 0. The molecule has 4 nitrogen and oxygen atoms in total. The molecule has 0 aromatic heterocycles. The number of hydrogen-bond acceptors (Lipinski definition) is 3. The zero-order chi connectivity index (χ0) is 12.8. The fourth-order valence-electron chi connectivity index (χ4n) is 2.08. The summed E-state index contributed by atoms with van der Waals surface area (Å²) in [7, 11) is 0. The number of piperazine rings is 1. The number of amides is 1. The van der Waals surface area contributed by atoms with Crippen LogP contribution in [0, 0.1) is 11.8 Å². The first-order valence-corrected chi connectivity index (χ1v) is 6.77. The van der Waals surface area contributed by atoms with Gasteiger partial charge in [0.25, 0.3) is 0 Å². The number of nitrogens with zero attached hydrogens (tertiary/aromatic N) is 2. The van der Waals surface area contributed by atoms with Gasteiger partial charge in [0.1, 0.15) is 0 Å². The Bertz CT molecular complexity index is 235. The number of carbonyl (C=O) groups is 1. The minimum Gasteiger partial charge on any atom is -0.340 e. The Morgan fingerprint density at radius 3 is 2.24 bits per heavy atom. The van der Waals surface area contributed by atoms with Gasteiger partial charge in [0.05, 0.1) is 0 Å². The molecule has 0 radical (unpaired) electrons. The molecule has 1 saturated heterocycles. The maximum Gasteiger partial charge on any atom is 0.225 e. The zero-order valence-corrected chi connectivity index (χ0v) is 11.5. The number of carbonyl (C=O) groups excluding carboxylic acids is 1. The second-order valence-electron chi connectivity index (χ2n) is 5.34. The average molecular weight is 241 g/mol. The highest BCUT2D eigenvalue weighted by Crippen LogP contribution is 2.14. The van der Waals surface area contributed by atoms with Gasteiger partial charge in [-0.15, -0.1) is 0 Å². The molecule has 0 aromatic rings. The molecule has 0 saturated carbocycles. The van der Waals surface area contributed by atoms with Crippen molar-refractivity contribution in [3.63, 3.8) is 0 Å². The summed E-state index contributed by atoms with van der Waals surface area (Å²) >= 11 is 0. The SMILES string of the molecule is CC(C)C(C)C(=O)N1CCN(CCCN)CC1. The van der Waals surface area contributed by atoms with Crippen LogP contribution in [-0.2, 0) is 4.79 Å². The normalized spacial score (nSPS) is 19.7. The van der Waals surface area contributed by atoms with Gasteiger partial charge in [-0.2, -0.15) is 0 Å². The third-order valence-corrected chi connectivity index (χ3v) is 3.75. The molecule has 1 atom stereocenters. The van der Waals surface area contributed by atoms with Gasteiger partial charge in [-0.25, -0.2) is 0 Å². The van der Waals surface area contributed by atoms with Crippen molar-refractivity contribution in [1.29, 1.82) is 0 Å². The predicted molar refractivity (Wildman–Crippen MR) is 70.7 cm³/mol. The second-order valence-corrected chi connectivity index (χ2v) is 5.34. The Morgan fingerprint density at radius 1 is 1.18 bits per heavy atom. The first kappa shape index (κ1) is 14.5. The lowest BCUT2D eigenvalue weighted by Gasteiger charge is -2.36. The Morgan fingerprint density at radius 2 is 1.76 bits per heavy atom. The van der Waals surface area contributed by atoms with E-state index in [0.29, 0.717) is 11.8 Å². The van der Waals surface area contributed by atoms with Crippen molar-refractivity contribution in [2.24, 2.45) is 17.6 Å². The summed E-state index contributed by atoms with van der Waals surface area (Å²) in [5.74, 6) is 0.891. The molecule has 0 spiro atoms. The van der Waals surface area contributed by atoms with Crippen molar-refractivity contribution in [3.05, 3.63) is 0 Å². The second kappa shape index (κ2) is 6.97. The third kappa shape index (κ3) is 4.28. The van der Waals surface area contributed by atoms with Gasteiger partial charge in [-0.3, -0.25) is 9.69 Å². The first-order chi connectivity index (χ1) is 8.06. The number of hydrogen-bond donors (Lipinski definition) is 1. The molecular formula is C13H27N3O. The quantitative estimate of drug-likeness (QED) is 0.773. The van der Waals surface area contributed by atoms with E-state index in [0.717, 1.165) is 45.7 Å². The van der Waals surface area contributed by atoms with Crippen LogP contribution in [0.1, 0.15) is 27.2 Å². The Hall–Kier alpha value is -0.610. The van der Waals surface area contributed by atoms with Crippen molar-refractivity contribution in [3.8, 4) is 0 Å². The molecule has 100 valence electrons. The maximum absolute atomic E-state index is 12.1. The van der Waals surface area contributed by atoms with E-state index in [2.05, 4.69) is 18.7 Å². The Labute approximate surface area is 105 Å². The average Bonchev–Trinajstić information content (AvgIpc) is 2.35. The van der Waals surface area contributed by atoms with Gasteiger partial charge >= 0.3 is 0 Å². The Balaban J connectivity index is 2.33. The smallest absolute Gasteiger partial charge is 0.225 e. The van der Waals surface area contributed by atoms with Gasteiger partial charge in [-0.05, 0) is 25.4 Å². The first-order valence-electron chi connectivity index (χ1n) is 6.77. The fourth-order valence-corrected chi connectivity index (χ4v) is 2.08. The van der Waals surface area contributed by atoms with Gasteiger partial charge in [0, 0.05) is 32.1 Å². The van der Waals surface area contributed by atoms with Crippen LogP contribution >= 0.6 is 0 Å². The predicted octanol–water partition coefficient (Wildman–Crippen LogP) is 0.772. The fraction of sp³-hybridized carbons (Fsp3) is 0.923. The standard InChI is InChI=1S/C13H27N3O/c1-11(2)12(3)13(17)16-9-7-15(8-10-16)6-4-5-14/h11-12H,4-10,14H2,1-3H3. The minimum atomic E-state index is 0.144. The van der Waals surface area contributed by atoms with E-state index < -0.39 is 0 Å². The van der Waals surface area contributed by atoms with E-state index in [1.54, 1.807) is 0 Å². The van der Waals surface area contributed by atoms with Crippen LogP contribution in [0.3, 0.4) is 0 Å². The van der Waals surface area contributed by atoms with Gasteiger partial charge in [-0.1, -0.05) is 20.8 Å². The third-order valence-electron chi connectivity index (χ3n) is 3.75. The summed E-state index contributed by atoms with van der Waals surface area (Å²) in [5.41, 5.74) is 5.50. The minimum absolute atomic E-state index is 0.144. The molecule has 2 N–H and O–H groups in total. The van der Waals surface area contributed by atoms with Crippen molar-refractivity contribution in [2.75, 3.05) is 39.3 Å². The van der Waals surface area contributed by atoms with Crippen LogP contribution in [0.15, 0.2) is 0 Å². The van der Waals surface area contributed by atoms with E-state index in [1.165, 1.54) is 0 Å². The summed E-state index contributed by atoms with van der Waals surface area (Å²) < 4.78 is 0. The summed E-state index contributed by atoms with van der Waals surface area (Å²) in [6.07, 6.45) is 1.05. The van der Waals surface area contributed by atoms with Crippen molar-refractivity contribution < 1.29 is 4.79 Å². The molecule has 0 aliphatic carbocycles. The van der Waals surface area contributed by atoms with Crippen LogP contribution < -0.4 is 5.73 Å². The monoisotopic (exact) mass is 241 g/mol. The molecule has 17 heavy (non-hydrogen) atoms. The highest BCUT2D eigenvalue weighted by atomic mass is 16.2. The van der Waals surface area contributed by atoms with E-state index in [1.807, 2.05) is 11.8 Å². The molecule has 1 fully saturated rings. The highest BCUT2D eigenvalue weighted by molar-refractivity contribution is 5.78. The molecular weight excluding hydrogens is 214 g/mol. The topological polar surface area (TPSA) is 49.6 Å². The van der Waals surface area contributed by atoms with Crippen LogP contribution in [0.5, 0.6) is 0 Å². The van der Waals surface area contributed by atoms with Crippen LogP contribution in [0.25, 0.3) is 0 Å². The zero-order valence-electron chi connectivity index (χ0n) is 11.5. The molecule has 1 unspecified atom stereocenters. The van der Waals surface area contributed by atoms with Crippen molar-refractivity contribution in [1.82, 2.24) is 9.80 Å².